The number of carbonyl (C=O) groups excluding carboxylic acids is 1. The summed E-state index contributed by atoms with van der Waals surface area (Å²) in [7, 11) is 0. The zero-order valence-corrected chi connectivity index (χ0v) is 15.2. The number of alkyl halides is 3. The van der Waals surface area contributed by atoms with E-state index in [1.165, 1.54) is 11.3 Å². The molecule has 0 bridgehead atoms. The lowest BCUT2D eigenvalue weighted by molar-refractivity contribution is -0.145. The van der Waals surface area contributed by atoms with E-state index in [4.69, 9.17) is 0 Å². The van der Waals surface area contributed by atoms with Crippen LogP contribution in [0.4, 0.5) is 18.3 Å². The third-order valence-electron chi connectivity index (χ3n) is 3.79. The summed E-state index contributed by atoms with van der Waals surface area (Å²) in [6.45, 7) is 7.17. The lowest BCUT2D eigenvalue weighted by Gasteiger charge is -2.14. The van der Waals surface area contributed by atoms with Crippen molar-refractivity contribution in [2.24, 2.45) is 0 Å². The second-order valence-electron chi connectivity index (χ2n) is 5.86. The summed E-state index contributed by atoms with van der Waals surface area (Å²) in [5, 5.41) is 14.9. The van der Waals surface area contributed by atoms with E-state index in [-0.39, 0.29) is 11.0 Å². The van der Waals surface area contributed by atoms with Gasteiger partial charge in [-0.1, -0.05) is 25.2 Å². The number of hydrogen-bond acceptors (Lipinski definition) is 5. The van der Waals surface area contributed by atoms with Crippen LogP contribution in [0.2, 0.25) is 0 Å². The number of carbonyl (C=O) groups is 1. The minimum Gasteiger partial charge on any atom is -0.296 e. The van der Waals surface area contributed by atoms with E-state index in [0.29, 0.717) is 0 Å². The number of rotatable bonds is 6. The number of halogens is 3. The Bertz CT molecular complexity index is 734. The topological polar surface area (TPSA) is 72.7 Å². The highest BCUT2D eigenvalue weighted by Gasteiger charge is 2.40. The number of amides is 1. The van der Waals surface area contributed by atoms with Crippen LogP contribution in [0.5, 0.6) is 0 Å². The highest BCUT2D eigenvalue weighted by atomic mass is 32.1. The molecule has 0 aliphatic heterocycles. The van der Waals surface area contributed by atoms with E-state index in [1.54, 1.807) is 13.8 Å². The van der Waals surface area contributed by atoms with Crippen LogP contribution in [-0.2, 0) is 6.18 Å². The second kappa shape index (κ2) is 7.51. The van der Waals surface area contributed by atoms with E-state index in [1.807, 2.05) is 13.8 Å². The van der Waals surface area contributed by atoms with Crippen LogP contribution in [0.1, 0.15) is 73.6 Å². The molecule has 2 aromatic rings. The number of aromatic nitrogens is 4. The SMILES string of the molecule is CCC(CC)c1nnc(NC(=O)c2cnn(C(C)C)c2C(F)(F)F)s1. The molecule has 0 aliphatic carbocycles. The average molecular weight is 375 g/mol. The first-order chi connectivity index (χ1) is 11.7. The number of nitrogens with one attached hydrogen (secondary N) is 1. The third-order valence-corrected chi connectivity index (χ3v) is 4.79. The zero-order chi connectivity index (χ0) is 18.8. The molecule has 1 N–H and O–H groups in total. The molecule has 0 unspecified atom stereocenters. The Hall–Kier alpha value is -1.97. The van der Waals surface area contributed by atoms with Crippen molar-refractivity contribution in [3.63, 3.8) is 0 Å². The predicted octanol–water partition coefficient (Wildman–Crippen LogP) is 4.49. The molecule has 2 rings (SSSR count). The van der Waals surface area contributed by atoms with Gasteiger partial charge < -0.3 is 0 Å². The predicted molar refractivity (Wildman–Crippen MR) is 88.8 cm³/mol. The van der Waals surface area contributed by atoms with Gasteiger partial charge in [-0.25, -0.2) is 0 Å². The molecule has 0 atom stereocenters. The van der Waals surface area contributed by atoms with Gasteiger partial charge in [0.25, 0.3) is 5.91 Å². The number of nitrogens with zero attached hydrogens (tertiary/aromatic N) is 4. The van der Waals surface area contributed by atoms with Gasteiger partial charge in [0.15, 0.2) is 5.69 Å². The smallest absolute Gasteiger partial charge is 0.296 e. The minimum atomic E-state index is -4.69. The number of anilines is 1. The lowest BCUT2D eigenvalue weighted by atomic mass is 10.1. The van der Waals surface area contributed by atoms with Crippen LogP contribution < -0.4 is 5.32 Å². The van der Waals surface area contributed by atoms with Crippen LogP contribution in [0, 0.1) is 0 Å². The summed E-state index contributed by atoms with van der Waals surface area (Å²) < 4.78 is 40.8. The van der Waals surface area contributed by atoms with E-state index >= 15 is 0 Å². The largest absolute Gasteiger partial charge is 0.433 e. The summed E-state index contributed by atoms with van der Waals surface area (Å²) in [5.74, 6) is -0.677. The van der Waals surface area contributed by atoms with Crippen molar-refractivity contribution in [1.29, 1.82) is 0 Å². The van der Waals surface area contributed by atoms with Crippen LogP contribution in [-0.4, -0.2) is 25.9 Å². The molecule has 0 radical (unpaired) electrons. The molecule has 2 aromatic heterocycles. The van der Waals surface area contributed by atoms with Crippen molar-refractivity contribution in [2.75, 3.05) is 5.32 Å². The summed E-state index contributed by atoms with van der Waals surface area (Å²) in [6.07, 6.45) is -2.01. The minimum absolute atomic E-state index is 0.178. The Kier molecular flexibility index (Phi) is 5.81. The first-order valence-corrected chi connectivity index (χ1v) is 8.80. The summed E-state index contributed by atoms with van der Waals surface area (Å²) in [4.78, 5) is 12.3. The van der Waals surface area contributed by atoms with Gasteiger partial charge in [-0.3, -0.25) is 14.8 Å². The number of hydrogen-bond donors (Lipinski definition) is 1. The fourth-order valence-corrected chi connectivity index (χ4v) is 3.46. The van der Waals surface area contributed by atoms with Crippen molar-refractivity contribution in [1.82, 2.24) is 20.0 Å². The summed E-state index contributed by atoms with van der Waals surface area (Å²) >= 11 is 1.18. The molecular formula is C15H20F3N5OS. The highest BCUT2D eigenvalue weighted by molar-refractivity contribution is 7.15. The van der Waals surface area contributed by atoms with Gasteiger partial charge in [0.2, 0.25) is 5.13 Å². The van der Waals surface area contributed by atoms with Gasteiger partial charge in [0.1, 0.15) is 5.01 Å². The van der Waals surface area contributed by atoms with Gasteiger partial charge in [-0.15, -0.1) is 10.2 Å². The first-order valence-electron chi connectivity index (χ1n) is 7.98. The van der Waals surface area contributed by atoms with Gasteiger partial charge in [0.05, 0.1) is 11.8 Å². The van der Waals surface area contributed by atoms with Gasteiger partial charge in [-0.05, 0) is 26.7 Å². The molecule has 25 heavy (non-hydrogen) atoms. The van der Waals surface area contributed by atoms with E-state index in [0.717, 1.165) is 28.7 Å². The Morgan fingerprint density at radius 1 is 1.28 bits per heavy atom. The molecule has 10 heteroatoms. The molecule has 0 aliphatic rings. The van der Waals surface area contributed by atoms with Crippen molar-refractivity contribution < 1.29 is 18.0 Å². The molecule has 0 saturated carbocycles. The van der Waals surface area contributed by atoms with Crippen molar-refractivity contribution in [3.05, 3.63) is 22.5 Å². The molecule has 0 fully saturated rings. The maximum absolute atomic E-state index is 13.3. The monoisotopic (exact) mass is 375 g/mol. The molecule has 0 saturated heterocycles. The average Bonchev–Trinajstić information content (AvgIpc) is 3.15. The molecule has 0 spiro atoms. The second-order valence-corrected chi connectivity index (χ2v) is 6.87. The van der Waals surface area contributed by atoms with E-state index < -0.39 is 29.4 Å². The van der Waals surface area contributed by atoms with Gasteiger partial charge >= 0.3 is 6.18 Å². The third kappa shape index (κ3) is 4.17. The highest BCUT2D eigenvalue weighted by Crippen LogP contribution is 2.34. The molecule has 2 heterocycles. The lowest BCUT2D eigenvalue weighted by Crippen LogP contribution is -2.22. The normalized spacial score (nSPS) is 12.2. The Labute approximate surface area is 147 Å². The van der Waals surface area contributed by atoms with Crippen LogP contribution >= 0.6 is 11.3 Å². The summed E-state index contributed by atoms with van der Waals surface area (Å²) in [5.41, 5.74) is -1.59. The maximum atomic E-state index is 13.3. The molecule has 6 nitrogen and oxygen atoms in total. The van der Waals surface area contributed by atoms with E-state index in [9.17, 15) is 18.0 Å². The van der Waals surface area contributed by atoms with Crippen molar-refractivity contribution in [2.45, 2.75) is 58.7 Å². The standard InChI is InChI=1S/C15H20F3N5OS/c1-5-9(6-2)13-21-22-14(25-13)20-12(24)10-7-19-23(8(3)4)11(10)15(16,17)18/h7-9H,5-6H2,1-4H3,(H,20,22,24). The quantitative estimate of drug-likeness (QED) is 0.807. The summed E-state index contributed by atoms with van der Waals surface area (Å²) in [6, 6.07) is -0.527. The van der Waals surface area contributed by atoms with Crippen LogP contribution in [0.15, 0.2) is 6.20 Å². The van der Waals surface area contributed by atoms with Crippen molar-refractivity contribution in [3.8, 4) is 0 Å². The molecular weight excluding hydrogens is 355 g/mol. The molecule has 138 valence electrons. The van der Waals surface area contributed by atoms with Crippen molar-refractivity contribution >= 4 is 22.4 Å². The fourth-order valence-electron chi connectivity index (χ4n) is 2.45. The van der Waals surface area contributed by atoms with Gasteiger partial charge in [-0.2, -0.15) is 18.3 Å². The zero-order valence-electron chi connectivity index (χ0n) is 14.4. The fraction of sp³-hybridized carbons (Fsp3) is 0.600. The van der Waals surface area contributed by atoms with Crippen LogP contribution in [0.3, 0.4) is 0 Å². The van der Waals surface area contributed by atoms with E-state index in [2.05, 4.69) is 20.6 Å². The van der Waals surface area contributed by atoms with Gasteiger partial charge in [0, 0.05) is 12.0 Å². The first kappa shape index (κ1) is 19.4. The van der Waals surface area contributed by atoms with Crippen LogP contribution in [0.25, 0.3) is 0 Å². The Morgan fingerprint density at radius 2 is 1.92 bits per heavy atom. The maximum Gasteiger partial charge on any atom is 0.433 e. The molecule has 0 aromatic carbocycles. The Morgan fingerprint density at radius 3 is 2.44 bits per heavy atom. The molecule has 1 amide bonds. The Balaban J connectivity index is 2.28.